The van der Waals surface area contributed by atoms with Gasteiger partial charge in [0.1, 0.15) is 0 Å². The number of rotatable bonds is 0. The van der Waals surface area contributed by atoms with E-state index in [0.29, 0.717) is 11.3 Å². The van der Waals surface area contributed by atoms with E-state index in [1.165, 1.54) is 12.8 Å². The molecule has 0 spiro atoms. The van der Waals surface area contributed by atoms with E-state index in [1.807, 2.05) is 0 Å². The maximum Gasteiger partial charge on any atom is 0.0574 e. The molecule has 4 atom stereocenters. The summed E-state index contributed by atoms with van der Waals surface area (Å²) < 4.78 is 0. The van der Waals surface area contributed by atoms with Gasteiger partial charge in [-0.15, -0.1) is 0 Å². The van der Waals surface area contributed by atoms with Crippen LogP contribution in [0.4, 0.5) is 0 Å². The Bertz CT molecular complexity index is 180. The van der Waals surface area contributed by atoms with Crippen LogP contribution in [0.1, 0.15) is 40.0 Å². The molecule has 0 aliphatic heterocycles. The minimum Gasteiger partial charge on any atom is -0.393 e. The molecule has 0 saturated heterocycles. The van der Waals surface area contributed by atoms with Crippen LogP contribution in [-0.2, 0) is 0 Å². The summed E-state index contributed by atoms with van der Waals surface area (Å²) in [4.78, 5) is 0. The second-order valence-electron chi connectivity index (χ2n) is 5.78. The van der Waals surface area contributed by atoms with Gasteiger partial charge in [0.2, 0.25) is 0 Å². The molecule has 0 aromatic rings. The van der Waals surface area contributed by atoms with E-state index in [1.54, 1.807) is 0 Å². The molecule has 70 valence electrons. The van der Waals surface area contributed by atoms with Gasteiger partial charge in [0.05, 0.1) is 6.10 Å². The molecule has 0 aromatic carbocycles. The Balaban J connectivity index is 2.12. The van der Waals surface area contributed by atoms with Crippen molar-refractivity contribution in [1.82, 2.24) is 0 Å². The summed E-state index contributed by atoms with van der Waals surface area (Å²) >= 11 is 0. The number of fused-ring (bicyclic) bond motifs is 2. The van der Waals surface area contributed by atoms with Crippen molar-refractivity contribution in [2.24, 2.45) is 23.2 Å². The van der Waals surface area contributed by atoms with Gasteiger partial charge in [0.25, 0.3) is 0 Å². The minimum absolute atomic E-state index is 0.0213. The molecule has 1 heteroatoms. The number of hydrogen-bond donors (Lipinski definition) is 1. The molecule has 0 heterocycles. The maximum absolute atomic E-state index is 9.75. The molecule has 2 bridgehead atoms. The van der Waals surface area contributed by atoms with Crippen LogP contribution < -0.4 is 0 Å². The van der Waals surface area contributed by atoms with Crippen molar-refractivity contribution in [3.63, 3.8) is 0 Å². The van der Waals surface area contributed by atoms with Crippen LogP contribution >= 0.6 is 0 Å². The van der Waals surface area contributed by atoms with Crippen molar-refractivity contribution in [2.45, 2.75) is 46.1 Å². The van der Waals surface area contributed by atoms with E-state index in [0.717, 1.165) is 18.3 Å². The van der Waals surface area contributed by atoms with Crippen molar-refractivity contribution in [3.8, 4) is 0 Å². The van der Waals surface area contributed by atoms with Crippen LogP contribution in [0.5, 0.6) is 0 Å². The van der Waals surface area contributed by atoms with E-state index >= 15 is 0 Å². The molecule has 2 rings (SSSR count). The Hall–Kier alpha value is -0.0400. The standard InChI is InChI=1S/C11H20O/c1-11(2,3)9-5-7-4-8(9)10(12)6-7/h7-10,12H,4-6H2,1-3H3/t7-,8+,9-,10+/m0/s1. The fourth-order valence-corrected chi connectivity index (χ4v) is 3.31. The van der Waals surface area contributed by atoms with Crippen LogP contribution in [0.2, 0.25) is 0 Å². The number of hydrogen-bond acceptors (Lipinski definition) is 1. The SMILES string of the molecule is CC(C)(C)[C@H]1C[C@@H]2C[C@H]1[C@H](O)C2. The summed E-state index contributed by atoms with van der Waals surface area (Å²) in [6.07, 6.45) is 3.76. The van der Waals surface area contributed by atoms with Gasteiger partial charge in [-0.25, -0.2) is 0 Å². The smallest absolute Gasteiger partial charge is 0.0574 e. The van der Waals surface area contributed by atoms with E-state index < -0.39 is 0 Å². The number of aliphatic hydroxyl groups is 1. The Kier molecular flexibility index (Phi) is 1.76. The van der Waals surface area contributed by atoms with Crippen molar-refractivity contribution in [3.05, 3.63) is 0 Å². The second-order valence-corrected chi connectivity index (χ2v) is 5.78. The monoisotopic (exact) mass is 168 g/mol. The van der Waals surface area contributed by atoms with Crippen molar-refractivity contribution in [2.75, 3.05) is 0 Å². The van der Waals surface area contributed by atoms with Crippen LogP contribution in [-0.4, -0.2) is 11.2 Å². The first-order valence-corrected chi connectivity index (χ1v) is 5.16. The third kappa shape index (κ3) is 1.19. The largest absolute Gasteiger partial charge is 0.393 e. The average molecular weight is 168 g/mol. The fourth-order valence-electron chi connectivity index (χ4n) is 3.31. The number of aliphatic hydroxyl groups excluding tert-OH is 1. The summed E-state index contributed by atoms with van der Waals surface area (Å²) in [5.41, 5.74) is 0.404. The molecule has 2 aliphatic carbocycles. The van der Waals surface area contributed by atoms with Gasteiger partial charge in [0.15, 0.2) is 0 Å². The van der Waals surface area contributed by atoms with Crippen LogP contribution in [0.3, 0.4) is 0 Å². The normalized spacial score (nSPS) is 47.0. The van der Waals surface area contributed by atoms with Gasteiger partial charge >= 0.3 is 0 Å². The highest BCUT2D eigenvalue weighted by Gasteiger charge is 2.49. The lowest BCUT2D eigenvalue weighted by atomic mass is 9.71. The highest BCUT2D eigenvalue weighted by molar-refractivity contribution is 4.99. The molecule has 0 radical (unpaired) electrons. The third-order valence-electron chi connectivity index (χ3n) is 3.89. The molecule has 12 heavy (non-hydrogen) atoms. The lowest BCUT2D eigenvalue weighted by molar-refractivity contribution is 0.0373. The van der Waals surface area contributed by atoms with Crippen molar-refractivity contribution < 1.29 is 5.11 Å². The Labute approximate surface area is 75.2 Å². The molecular weight excluding hydrogens is 148 g/mol. The molecule has 2 saturated carbocycles. The molecule has 0 unspecified atom stereocenters. The van der Waals surface area contributed by atoms with Crippen molar-refractivity contribution in [1.29, 1.82) is 0 Å². The molecule has 0 amide bonds. The Morgan fingerprint density at radius 2 is 1.75 bits per heavy atom. The van der Waals surface area contributed by atoms with Crippen LogP contribution in [0, 0.1) is 23.2 Å². The fraction of sp³-hybridized carbons (Fsp3) is 1.00. The van der Waals surface area contributed by atoms with Gasteiger partial charge in [-0.3, -0.25) is 0 Å². The zero-order valence-corrected chi connectivity index (χ0v) is 8.38. The lowest BCUT2D eigenvalue weighted by Gasteiger charge is -2.36. The van der Waals surface area contributed by atoms with Crippen LogP contribution in [0.15, 0.2) is 0 Å². The second kappa shape index (κ2) is 2.47. The van der Waals surface area contributed by atoms with E-state index in [-0.39, 0.29) is 6.10 Å². The molecular formula is C11H20O. The lowest BCUT2D eigenvalue weighted by Crippen LogP contribution is -2.32. The molecule has 2 aliphatic rings. The summed E-state index contributed by atoms with van der Waals surface area (Å²) in [5.74, 6) is 2.23. The van der Waals surface area contributed by atoms with Gasteiger partial charge in [-0.2, -0.15) is 0 Å². The van der Waals surface area contributed by atoms with E-state index in [9.17, 15) is 5.11 Å². The highest BCUT2D eigenvalue weighted by Crippen LogP contribution is 2.54. The first kappa shape index (κ1) is 8.55. The highest BCUT2D eigenvalue weighted by atomic mass is 16.3. The molecule has 0 aromatic heterocycles. The van der Waals surface area contributed by atoms with Gasteiger partial charge in [0, 0.05) is 0 Å². The zero-order chi connectivity index (χ0) is 8.93. The quantitative estimate of drug-likeness (QED) is 0.589. The predicted molar refractivity (Wildman–Crippen MR) is 49.8 cm³/mol. The molecule has 1 N–H and O–H groups in total. The first-order chi connectivity index (χ1) is 5.48. The topological polar surface area (TPSA) is 20.2 Å². The Morgan fingerprint density at radius 1 is 1.08 bits per heavy atom. The average Bonchev–Trinajstić information content (AvgIpc) is 2.41. The Morgan fingerprint density at radius 3 is 2.08 bits per heavy atom. The van der Waals surface area contributed by atoms with Gasteiger partial charge in [-0.1, -0.05) is 20.8 Å². The van der Waals surface area contributed by atoms with E-state index in [4.69, 9.17) is 0 Å². The van der Waals surface area contributed by atoms with Crippen LogP contribution in [0.25, 0.3) is 0 Å². The summed E-state index contributed by atoms with van der Waals surface area (Å²) in [5, 5.41) is 9.75. The van der Waals surface area contributed by atoms with Crippen molar-refractivity contribution >= 4 is 0 Å². The van der Waals surface area contributed by atoms with Gasteiger partial charge in [-0.05, 0) is 42.4 Å². The summed E-state index contributed by atoms with van der Waals surface area (Å²) in [7, 11) is 0. The molecule has 2 fully saturated rings. The zero-order valence-electron chi connectivity index (χ0n) is 8.38. The third-order valence-corrected chi connectivity index (χ3v) is 3.89. The first-order valence-electron chi connectivity index (χ1n) is 5.16. The maximum atomic E-state index is 9.75. The van der Waals surface area contributed by atoms with E-state index in [2.05, 4.69) is 20.8 Å². The summed E-state index contributed by atoms with van der Waals surface area (Å²) in [6, 6.07) is 0. The van der Waals surface area contributed by atoms with Gasteiger partial charge < -0.3 is 5.11 Å². The predicted octanol–water partition coefficient (Wildman–Crippen LogP) is 2.44. The summed E-state index contributed by atoms with van der Waals surface area (Å²) in [6.45, 7) is 6.93. The molecule has 1 nitrogen and oxygen atoms in total. The minimum atomic E-state index is 0.0213.